The number of aryl methyl sites for hydroxylation is 1. The van der Waals surface area contributed by atoms with E-state index in [2.05, 4.69) is 0 Å². The van der Waals surface area contributed by atoms with Crippen molar-refractivity contribution < 1.29 is 24.3 Å². The smallest absolute Gasteiger partial charge is 0.443 e. The Balaban J connectivity index is 2.53. The van der Waals surface area contributed by atoms with Crippen LogP contribution >= 0.6 is 0 Å². The van der Waals surface area contributed by atoms with Crippen molar-refractivity contribution in [3.63, 3.8) is 0 Å². The molecule has 0 aliphatic heterocycles. The lowest BCUT2D eigenvalue weighted by Gasteiger charge is -2.38. The van der Waals surface area contributed by atoms with Crippen molar-refractivity contribution in [3.8, 4) is 0 Å². The number of fused-ring (bicyclic) bond motifs is 1. The monoisotopic (exact) mass is 375 g/mol. The Labute approximate surface area is 161 Å². The third-order valence-electron chi connectivity index (χ3n) is 4.79. The van der Waals surface area contributed by atoms with E-state index in [1.807, 2.05) is 25.1 Å². The van der Waals surface area contributed by atoms with Crippen LogP contribution in [-0.4, -0.2) is 44.7 Å². The molecule has 1 heterocycles. The minimum absolute atomic E-state index is 0.442. The highest BCUT2D eigenvalue weighted by atomic mass is 16.6. The van der Waals surface area contributed by atoms with Gasteiger partial charge in [-0.15, -0.1) is 0 Å². The van der Waals surface area contributed by atoms with Crippen molar-refractivity contribution in [2.75, 3.05) is 0 Å². The van der Waals surface area contributed by atoms with Crippen LogP contribution in [0.2, 0.25) is 0 Å². The summed E-state index contributed by atoms with van der Waals surface area (Å²) in [4.78, 5) is 12.7. The first-order chi connectivity index (χ1) is 12.1. The SMILES string of the molecule is Cc1cccc2c(B(O)OC(C)(C)C(C)(C)O)cn(C(=O)OC(C)(C)C)c12. The summed E-state index contributed by atoms with van der Waals surface area (Å²) in [6.07, 6.45) is 1.01. The van der Waals surface area contributed by atoms with E-state index in [1.54, 1.807) is 48.5 Å². The highest BCUT2D eigenvalue weighted by Crippen LogP contribution is 2.27. The molecule has 1 aromatic carbocycles. The number of aromatic nitrogens is 1. The zero-order valence-electron chi connectivity index (χ0n) is 17.5. The van der Waals surface area contributed by atoms with Crippen LogP contribution in [0.4, 0.5) is 4.79 Å². The summed E-state index contributed by atoms with van der Waals surface area (Å²) in [7, 11) is -1.32. The highest BCUT2D eigenvalue weighted by Gasteiger charge is 2.40. The average molecular weight is 375 g/mol. The predicted molar refractivity (Wildman–Crippen MR) is 107 cm³/mol. The number of para-hydroxylation sites is 1. The molecule has 0 saturated carbocycles. The van der Waals surface area contributed by atoms with Gasteiger partial charge in [0.2, 0.25) is 0 Å². The normalized spacial score (nSPS) is 13.1. The van der Waals surface area contributed by atoms with Gasteiger partial charge in [0.1, 0.15) is 5.60 Å². The van der Waals surface area contributed by atoms with Gasteiger partial charge in [-0.3, -0.25) is 4.57 Å². The number of benzene rings is 1. The quantitative estimate of drug-likeness (QED) is 0.803. The van der Waals surface area contributed by atoms with Gasteiger partial charge in [0.25, 0.3) is 0 Å². The molecule has 1 aromatic heterocycles. The predicted octanol–water partition coefficient (Wildman–Crippen LogP) is 2.99. The molecule has 6 nitrogen and oxygen atoms in total. The van der Waals surface area contributed by atoms with Gasteiger partial charge >= 0.3 is 13.2 Å². The molecule has 0 amide bonds. The van der Waals surface area contributed by atoms with Crippen LogP contribution in [0.1, 0.15) is 54.0 Å². The molecule has 0 aliphatic carbocycles. The van der Waals surface area contributed by atoms with Crippen molar-refractivity contribution >= 4 is 29.6 Å². The van der Waals surface area contributed by atoms with E-state index in [0.717, 1.165) is 5.56 Å². The van der Waals surface area contributed by atoms with Crippen molar-refractivity contribution in [3.05, 3.63) is 30.0 Å². The molecule has 0 saturated heterocycles. The Hall–Kier alpha value is -1.83. The zero-order chi connectivity index (χ0) is 20.8. The first kappa shape index (κ1) is 21.5. The second-order valence-electron chi connectivity index (χ2n) is 8.95. The summed E-state index contributed by atoms with van der Waals surface area (Å²) in [6, 6.07) is 5.57. The number of aliphatic hydroxyl groups is 1. The second-order valence-corrected chi connectivity index (χ2v) is 8.95. The Bertz CT molecular complexity index is 842. The van der Waals surface area contributed by atoms with E-state index in [9.17, 15) is 14.9 Å². The molecule has 0 fully saturated rings. The van der Waals surface area contributed by atoms with Gasteiger partial charge < -0.3 is 19.5 Å². The molecule has 0 aliphatic rings. The van der Waals surface area contributed by atoms with E-state index < -0.39 is 30.0 Å². The number of carbonyl (C=O) groups is 1. The van der Waals surface area contributed by atoms with Crippen molar-refractivity contribution in [1.29, 1.82) is 0 Å². The molecule has 0 bridgehead atoms. The zero-order valence-corrected chi connectivity index (χ0v) is 17.5. The Morgan fingerprint density at radius 2 is 1.70 bits per heavy atom. The standard InChI is InChI=1S/C20H30BNO5/c1-13-10-9-11-14-15(21(25)27-20(7,8)19(5,6)24)12-22(16(13)14)17(23)26-18(2,3)4/h9-12,24-25H,1-8H3. The van der Waals surface area contributed by atoms with Gasteiger partial charge in [0, 0.05) is 17.0 Å². The maximum absolute atomic E-state index is 12.7. The molecule has 0 radical (unpaired) electrons. The maximum atomic E-state index is 12.7. The van der Waals surface area contributed by atoms with Gasteiger partial charge in [-0.1, -0.05) is 18.2 Å². The number of nitrogens with zero attached hydrogens (tertiary/aromatic N) is 1. The van der Waals surface area contributed by atoms with E-state index in [4.69, 9.17) is 9.39 Å². The lowest BCUT2D eigenvalue weighted by Crippen LogP contribution is -2.53. The van der Waals surface area contributed by atoms with Crippen LogP contribution in [0.5, 0.6) is 0 Å². The molecule has 2 N–H and O–H groups in total. The second kappa shape index (κ2) is 6.97. The third-order valence-corrected chi connectivity index (χ3v) is 4.79. The summed E-state index contributed by atoms with van der Waals surface area (Å²) in [5.74, 6) is 0. The number of hydrogen-bond acceptors (Lipinski definition) is 5. The summed E-state index contributed by atoms with van der Waals surface area (Å²) in [5, 5.41) is 21.7. The fourth-order valence-electron chi connectivity index (χ4n) is 2.62. The molecular formula is C20H30BNO5. The van der Waals surface area contributed by atoms with Crippen LogP contribution < -0.4 is 5.46 Å². The van der Waals surface area contributed by atoms with Crippen molar-refractivity contribution in [2.24, 2.45) is 0 Å². The van der Waals surface area contributed by atoms with Crippen molar-refractivity contribution in [2.45, 2.75) is 72.2 Å². The highest BCUT2D eigenvalue weighted by molar-refractivity contribution is 6.63. The summed E-state index contributed by atoms with van der Waals surface area (Å²) < 4.78 is 12.7. The number of ether oxygens (including phenoxy) is 1. The third kappa shape index (κ3) is 4.54. The van der Waals surface area contributed by atoms with Crippen LogP contribution in [0, 0.1) is 6.92 Å². The van der Waals surface area contributed by atoms with Crippen LogP contribution in [0.15, 0.2) is 24.4 Å². The Kier molecular flexibility index (Phi) is 5.54. The molecule has 0 spiro atoms. The number of carbonyl (C=O) groups excluding carboxylic acids is 1. The Morgan fingerprint density at radius 3 is 2.22 bits per heavy atom. The Morgan fingerprint density at radius 1 is 1.11 bits per heavy atom. The van der Waals surface area contributed by atoms with Crippen LogP contribution in [0.25, 0.3) is 10.9 Å². The molecule has 0 unspecified atom stereocenters. The van der Waals surface area contributed by atoms with E-state index in [0.29, 0.717) is 16.4 Å². The van der Waals surface area contributed by atoms with Crippen molar-refractivity contribution in [1.82, 2.24) is 4.57 Å². The molecule has 148 valence electrons. The maximum Gasteiger partial charge on any atom is 0.493 e. The first-order valence-electron chi connectivity index (χ1n) is 9.06. The number of rotatable bonds is 4. The van der Waals surface area contributed by atoms with Crippen LogP contribution in [-0.2, 0) is 9.39 Å². The molecule has 7 heteroatoms. The van der Waals surface area contributed by atoms with E-state index >= 15 is 0 Å². The first-order valence-corrected chi connectivity index (χ1v) is 9.06. The summed E-state index contributed by atoms with van der Waals surface area (Å²) in [5.41, 5.74) is -0.862. The lowest BCUT2D eigenvalue weighted by molar-refractivity contribution is -0.0982. The summed E-state index contributed by atoms with van der Waals surface area (Å²) >= 11 is 0. The minimum atomic E-state index is -1.32. The molecule has 0 atom stereocenters. The van der Waals surface area contributed by atoms with E-state index in [-0.39, 0.29) is 0 Å². The fourth-order valence-corrected chi connectivity index (χ4v) is 2.62. The van der Waals surface area contributed by atoms with Gasteiger partial charge in [-0.05, 0) is 61.0 Å². The molecule has 2 aromatic rings. The number of hydrogen-bond donors (Lipinski definition) is 2. The largest absolute Gasteiger partial charge is 0.493 e. The van der Waals surface area contributed by atoms with Gasteiger partial charge in [0.05, 0.1) is 16.7 Å². The molecule has 27 heavy (non-hydrogen) atoms. The fraction of sp³-hybridized carbons (Fsp3) is 0.550. The average Bonchev–Trinajstić information content (AvgIpc) is 2.85. The van der Waals surface area contributed by atoms with E-state index in [1.165, 1.54) is 10.8 Å². The van der Waals surface area contributed by atoms with Crippen LogP contribution in [0.3, 0.4) is 0 Å². The molecule has 2 rings (SSSR count). The van der Waals surface area contributed by atoms with Gasteiger partial charge in [-0.2, -0.15) is 0 Å². The topological polar surface area (TPSA) is 80.9 Å². The molecular weight excluding hydrogens is 345 g/mol. The van der Waals surface area contributed by atoms with Gasteiger partial charge in [0.15, 0.2) is 0 Å². The lowest BCUT2D eigenvalue weighted by atomic mass is 9.76. The van der Waals surface area contributed by atoms with Gasteiger partial charge in [-0.25, -0.2) is 4.79 Å². The minimum Gasteiger partial charge on any atom is -0.443 e. The summed E-state index contributed by atoms with van der Waals surface area (Å²) in [6.45, 7) is 13.9.